The van der Waals surface area contributed by atoms with Crippen molar-refractivity contribution in [3.8, 4) is 0 Å². The van der Waals surface area contributed by atoms with E-state index in [1.807, 2.05) is 0 Å². The largest absolute Gasteiger partial charge is 0.0654 e. The molecule has 0 amide bonds. The van der Waals surface area contributed by atoms with Crippen molar-refractivity contribution in [2.45, 2.75) is 72.1 Å². The molecule has 0 bridgehead atoms. The van der Waals surface area contributed by atoms with Gasteiger partial charge in [0.2, 0.25) is 0 Å². The summed E-state index contributed by atoms with van der Waals surface area (Å²) in [6.45, 7) is 6.85. The van der Waals surface area contributed by atoms with E-state index in [2.05, 4.69) is 39.0 Å². The Labute approximate surface area is 107 Å². The molecule has 0 radical (unpaired) electrons. The Kier molecular flexibility index (Phi) is 7.00. The van der Waals surface area contributed by atoms with E-state index in [0.717, 1.165) is 0 Å². The number of benzene rings is 1. The van der Waals surface area contributed by atoms with Gasteiger partial charge in [0, 0.05) is 0 Å². The predicted molar refractivity (Wildman–Crippen MR) is 77.7 cm³/mol. The second kappa shape index (κ2) is 8.33. The van der Waals surface area contributed by atoms with Crippen LogP contribution in [-0.4, -0.2) is 0 Å². The summed E-state index contributed by atoms with van der Waals surface area (Å²) < 4.78 is 0. The van der Waals surface area contributed by atoms with Gasteiger partial charge in [0.15, 0.2) is 0 Å². The lowest BCUT2D eigenvalue weighted by Crippen LogP contribution is -2.01. The average molecular weight is 232 g/mol. The van der Waals surface area contributed by atoms with E-state index in [1.165, 1.54) is 51.4 Å². The second-order valence-corrected chi connectivity index (χ2v) is 5.01. The Balaban J connectivity index is 2.87. The van der Waals surface area contributed by atoms with Gasteiger partial charge in [0.25, 0.3) is 0 Å². The highest BCUT2D eigenvalue weighted by Gasteiger charge is 2.07. The Hall–Kier alpha value is -0.780. The number of aryl methyl sites for hydroxylation is 2. The molecule has 17 heavy (non-hydrogen) atoms. The molecule has 0 saturated heterocycles. The summed E-state index contributed by atoms with van der Waals surface area (Å²) in [7, 11) is 0. The predicted octanol–water partition coefficient (Wildman–Crippen LogP) is 5.32. The zero-order valence-corrected chi connectivity index (χ0v) is 11.9. The number of hydrogen-bond acceptors (Lipinski definition) is 0. The molecule has 96 valence electrons. The normalized spacial score (nSPS) is 10.8. The highest BCUT2D eigenvalue weighted by molar-refractivity contribution is 5.35. The maximum Gasteiger partial charge on any atom is -0.0274 e. The maximum atomic E-state index is 2.35. The fourth-order valence-corrected chi connectivity index (χ4v) is 2.47. The molecule has 1 aromatic rings. The lowest BCUT2D eigenvalue weighted by Gasteiger charge is -2.14. The first-order chi connectivity index (χ1) is 8.33. The minimum Gasteiger partial charge on any atom is -0.0654 e. The summed E-state index contributed by atoms with van der Waals surface area (Å²) in [5, 5.41) is 0. The van der Waals surface area contributed by atoms with Gasteiger partial charge < -0.3 is 0 Å². The van der Waals surface area contributed by atoms with Crippen LogP contribution in [0.1, 0.15) is 69.6 Å². The van der Waals surface area contributed by atoms with Crippen LogP contribution in [0, 0.1) is 0 Å². The average Bonchev–Trinajstić information content (AvgIpc) is 2.35. The van der Waals surface area contributed by atoms with Crippen LogP contribution in [0.4, 0.5) is 0 Å². The van der Waals surface area contributed by atoms with E-state index >= 15 is 0 Å². The zero-order chi connectivity index (χ0) is 12.5. The molecule has 0 spiro atoms. The molecule has 0 atom stereocenters. The van der Waals surface area contributed by atoms with Gasteiger partial charge in [-0.1, -0.05) is 58.2 Å². The van der Waals surface area contributed by atoms with Gasteiger partial charge in [-0.2, -0.15) is 0 Å². The van der Waals surface area contributed by atoms with Crippen molar-refractivity contribution in [3.63, 3.8) is 0 Å². The van der Waals surface area contributed by atoms with Crippen LogP contribution in [0.2, 0.25) is 0 Å². The Morgan fingerprint density at radius 2 is 1.29 bits per heavy atom. The maximum absolute atomic E-state index is 2.35. The van der Waals surface area contributed by atoms with Gasteiger partial charge in [-0.15, -0.1) is 0 Å². The molecular formula is C17H28. The topological polar surface area (TPSA) is 0 Å². The van der Waals surface area contributed by atoms with E-state index in [0.29, 0.717) is 0 Å². The van der Waals surface area contributed by atoms with Crippen molar-refractivity contribution in [1.82, 2.24) is 0 Å². The van der Waals surface area contributed by atoms with Crippen LogP contribution in [0.25, 0.3) is 0 Å². The van der Waals surface area contributed by atoms with E-state index in [9.17, 15) is 0 Å². The zero-order valence-electron chi connectivity index (χ0n) is 11.9. The molecule has 0 N–H and O–H groups in total. The number of rotatable bonds is 8. The molecule has 1 aromatic carbocycles. The molecule has 0 aliphatic rings. The molecule has 0 heteroatoms. The van der Waals surface area contributed by atoms with Crippen LogP contribution in [-0.2, 0) is 19.3 Å². The molecule has 1 rings (SSSR count). The van der Waals surface area contributed by atoms with Gasteiger partial charge in [-0.25, -0.2) is 0 Å². The van der Waals surface area contributed by atoms with Gasteiger partial charge in [0.05, 0.1) is 0 Å². The third-order valence-electron chi connectivity index (χ3n) is 3.47. The third kappa shape index (κ3) is 4.53. The van der Waals surface area contributed by atoms with Crippen molar-refractivity contribution >= 4 is 0 Å². The lowest BCUT2D eigenvalue weighted by molar-refractivity contribution is 0.746. The molecule has 0 fully saturated rings. The minimum atomic E-state index is 1.25. The Morgan fingerprint density at radius 1 is 0.706 bits per heavy atom. The monoisotopic (exact) mass is 232 g/mol. The molecule has 0 heterocycles. The second-order valence-electron chi connectivity index (χ2n) is 5.01. The SMILES string of the molecule is CCCCc1cccc(CCC)c1CCCC. The van der Waals surface area contributed by atoms with Crippen LogP contribution < -0.4 is 0 Å². The number of hydrogen-bond donors (Lipinski definition) is 0. The van der Waals surface area contributed by atoms with Crippen molar-refractivity contribution in [2.75, 3.05) is 0 Å². The Bertz CT molecular complexity index is 312. The fourth-order valence-electron chi connectivity index (χ4n) is 2.47. The first-order valence-electron chi connectivity index (χ1n) is 7.43. The molecule has 0 aliphatic carbocycles. The Morgan fingerprint density at radius 3 is 1.88 bits per heavy atom. The van der Waals surface area contributed by atoms with E-state index in [4.69, 9.17) is 0 Å². The molecule has 0 saturated carbocycles. The van der Waals surface area contributed by atoms with Crippen molar-refractivity contribution < 1.29 is 0 Å². The first-order valence-corrected chi connectivity index (χ1v) is 7.43. The lowest BCUT2D eigenvalue weighted by atomic mass is 9.91. The van der Waals surface area contributed by atoms with Crippen molar-refractivity contribution in [3.05, 3.63) is 34.9 Å². The standard InChI is InChI=1S/C17H28/c1-4-7-11-16-13-9-12-15(10-6-3)17(16)14-8-5-2/h9,12-13H,4-8,10-11,14H2,1-3H3. The molecule has 0 aromatic heterocycles. The van der Waals surface area contributed by atoms with Crippen molar-refractivity contribution in [2.24, 2.45) is 0 Å². The highest BCUT2D eigenvalue weighted by atomic mass is 14.1. The number of unbranched alkanes of at least 4 members (excludes halogenated alkanes) is 2. The summed E-state index contributed by atoms with van der Waals surface area (Å²) in [5.74, 6) is 0. The van der Waals surface area contributed by atoms with Crippen molar-refractivity contribution in [1.29, 1.82) is 0 Å². The third-order valence-corrected chi connectivity index (χ3v) is 3.47. The van der Waals surface area contributed by atoms with Gasteiger partial charge in [0.1, 0.15) is 0 Å². The molecule has 0 nitrogen and oxygen atoms in total. The van der Waals surface area contributed by atoms with Gasteiger partial charge in [-0.3, -0.25) is 0 Å². The highest BCUT2D eigenvalue weighted by Crippen LogP contribution is 2.21. The van der Waals surface area contributed by atoms with Crippen LogP contribution >= 0.6 is 0 Å². The van der Waals surface area contributed by atoms with Gasteiger partial charge >= 0.3 is 0 Å². The van der Waals surface area contributed by atoms with Crippen LogP contribution in [0.5, 0.6) is 0 Å². The summed E-state index contributed by atoms with van der Waals surface area (Å²) in [6, 6.07) is 6.94. The fraction of sp³-hybridized carbons (Fsp3) is 0.647. The summed E-state index contributed by atoms with van der Waals surface area (Å²) in [5.41, 5.74) is 4.89. The summed E-state index contributed by atoms with van der Waals surface area (Å²) in [4.78, 5) is 0. The summed E-state index contributed by atoms with van der Waals surface area (Å²) >= 11 is 0. The quantitative estimate of drug-likeness (QED) is 0.568. The van der Waals surface area contributed by atoms with Crippen LogP contribution in [0.15, 0.2) is 18.2 Å². The smallest absolute Gasteiger partial charge is 0.0274 e. The van der Waals surface area contributed by atoms with E-state index in [-0.39, 0.29) is 0 Å². The molecule has 0 aliphatic heterocycles. The molecular weight excluding hydrogens is 204 g/mol. The van der Waals surface area contributed by atoms with E-state index < -0.39 is 0 Å². The minimum absolute atomic E-state index is 1.25. The van der Waals surface area contributed by atoms with Crippen LogP contribution in [0.3, 0.4) is 0 Å². The summed E-state index contributed by atoms with van der Waals surface area (Å²) in [6.07, 6.45) is 10.3. The molecule has 0 unspecified atom stereocenters. The van der Waals surface area contributed by atoms with Gasteiger partial charge in [-0.05, 0) is 48.8 Å². The van der Waals surface area contributed by atoms with E-state index in [1.54, 1.807) is 16.7 Å². The first kappa shape index (κ1) is 14.3.